The van der Waals surface area contributed by atoms with Crippen molar-refractivity contribution in [3.05, 3.63) is 6.20 Å². The van der Waals surface area contributed by atoms with E-state index in [2.05, 4.69) is 32.7 Å². The molecule has 134 valence electrons. The van der Waals surface area contributed by atoms with E-state index in [-0.39, 0.29) is 17.6 Å². The molecule has 1 aromatic heterocycles. The summed E-state index contributed by atoms with van der Waals surface area (Å²) in [5.41, 5.74) is 0. The van der Waals surface area contributed by atoms with Gasteiger partial charge in [-0.15, -0.1) is 0 Å². The van der Waals surface area contributed by atoms with Gasteiger partial charge in [0.1, 0.15) is 0 Å². The quantitative estimate of drug-likeness (QED) is 0.665. The Balaban J connectivity index is 1.73. The van der Waals surface area contributed by atoms with Gasteiger partial charge in [-0.25, -0.2) is 0 Å². The van der Waals surface area contributed by atoms with E-state index in [1.54, 1.807) is 11.0 Å². The maximum atomic E-state index is 11.8. The van der Waals surface area contributed by atoms with Gasteiger partial charge in [-0.1, -0.05) is 18.7 Å². The van der Waals surface area contributed by atoms with Gasteiger partial charge < -0.3 is 5.32 Å². The Bertz CT molecular complexity index is 544. The minimum absolute atomic E-state index is 0.117. The van der Waals surface area contributed by atoms with Crippen LogP contribution in [0, 0.1) is 0 Å². The molecular formula is C14H25N6O3S+. The van der Waals surface area contributed by atoms with Crippen LogP contribution < -0.4 is 20.4 Å². The summed E-state index contributed by atoms with van der Waals surface area (Å²) in [6.07, 6.45) is 1.90. The van der Waals surface area contributed by atoms with Crippen molar-refractivity contribution in [3.63, 3.8) is 0 Å². The van der Waals surface area contributed by atoms with Crippen LogP contribution >= 0.6 is 11.8 Å². The van der Waals surface area contributed by atoms with Crippen LogP contribution in [0.1, 0.15) is 20.3 Å². The second kappa shape index (κ2) is 9.48. The van der Waals surface area contributed by atoms with Crippen LogP contribution in [-0.4, -0.2) is 66.3 Å². The zero-order chi connectivity index (χ0) is 17.4. The molecule has 0 spiro atoms. The first kappa shape index (κ1) is 18.5. The number of carbonyl (C=O) groups excluding carboxylic acids is 2. The summed E-state index contributed by atoms with van der Waals surface area (Å²) in [7, 11) is 0. The van der Waals surface area contributed by atoms with Gasteiger partial charge in [0.25, 0.3) is 11.4 Å². The van der Waals surface area contributed by atoms with Crippen molar-refractivity contribution in [1.29, 1.82) is 0 Å². The Morgan fingerprint density at radius 3 is 2.75 bits per heavy atom. The molecule has 2 N–H and O–H groups in total. The topological polar surface area (TPSA) is 94.6 Å². The lowest BCUT2D eigenvalue weighted by Gasteiger charge is -2.28. The van der Waals surface area contributed by atoms with E-state index in [9.17, 15) is 9.59 Å². The van der Waals surface area contributed by atoms with Gasteiger partial charge >= 0.3 is 5.88 Å². The van der Waals surface area contributed by atoms with Gasteiger partial charge in [0.2, 0.25) is 11.2 Å². The van der Waals surface area contributed by atoms with Crippen LogP contribution in [-0.2, 0) is 4.79 Å². The first-order valence-electron chi connectivity index (χ1n) is 8.19. The number of hydrogen-bond donors (Lipinski definition) is 2. The average molecular weight is 357 g/mol. The van der Waals surface area contributed by atoms with E-state index >= 15 is 0 Å². The maximum Gasteiger partial charge on any atom is 0.305 e. The summed E-state index contributed by atoms with van der Waals surface area (Å²) in [5.74, 6) is 0.525. The zero-order valence-electron chi connectivity index (χ0n) is 14.2. The highest BCUT2D eigenvalue weighted by atomic mass is 32.2. The zero-order valence-corrected chi connectivity index (χ0v) is 15.0. The van der Waals surface area contributed by atoms with Crippen molar-refractivity contribution >= 4 is 28.8 Å². The van der Waals surface area contributed by atoms with Crippen LogP contribution in [0.4, 0.5) is 10.7 Å². The number of carbonyl (C=O) groups is 2. The fourth-order valence-electron chi connectivity index (χ4n) is 2.32. The number of thioether (sulfide) groups is 1. The Kier molecular flexibility index (Phi) is 7.32. The first-order chi connectivity index (χ1) is 11.6. The van der Waals surface area contributed by atoms with E-state index in [0.717, 1.165) is 44.5 Å². The van der Waals surface area contributed by atoms with E-state index in [4.69, 9.17) is 4.52 Å². The number of amides is 2. The minimum atomic E-state index is -0.203. The monoisotopic (exact) mass is 357 g/mol. The molecule has 2 heterocycles. The molecule has 1 aliphatic heterocycles. The van der Waals surface area contributed by atoms with Crippen molar-refractivity contribution in [1.82, 2.24) is 15.5 Å². The highest BCUT2D eigenvalue weighted by Crippen LogP contribution is 2.07. The fraction of sp³-hybridized carbons (Fsp3) is 0.714. The Morgan fingerprint density at radius 2 is 2.08 bits per heavy atom. The van der Waals surface area contributed by atoms with Crippen molar-refractivity contribution < 1.29 is 18.9 Å². The molecule has 10 heteroatoms. The van der Waals surface area contributed by atoms with Crippen molar-refractivity contribution in [2.45, 2.75) is 20.3 Å². The lowest BCUT2D eigenvalue weighted by atomic mass is 10.3. The van der Waals surface area contributed by atoms with E-state index in [0.29, 0.717) is 18.2 Å². The molecule has 9 nitrogen and oxygen atoms in total. The van der Waals surface area contributed by atoms with Gasteiger partial charge in [-0.05, 0) is 13.5 Å². The number of piperazine rings is 1. The standard InChI is InChI=1S/C14H24N6O3S/c1-3-15-14(22)24-10-5-12(21)16-13-11-20(17-23-13)19-8-6-18(4-2)7-9-19/h11H,3-10H2,1-2H3,(H-,15,16,17,21,22)/p+1. The lowest BCUT2D eigenvalue weighted by Crippen LogP contribution is -2.65. The number of aromatic nitrogens is 2. The smallest absolute Gasteiger partial charge is 0.305 e. The number of nitrogens with zero attached hydrogens (tertiary/aromatic N) is 4. The molecule has 1 saturated heterocycles. The van der Waals surface area contributed by atoms with Crippen molar-refractivity contribution in [2.75, 3.05) is 55.3 Å². The molecule has 1 aliphatic rings. The second-order valence-corrected chi connectivity index (χ2v) is 6.41. The predicted octanol–water partition coefficient (Wildman–Crippen LogP) is 0.0269. The normalized spacial score (nSPS) is 15.3. The molecule has 0 aromatic carbocycles. The number of likely N-dealkylation sites (N-methyl/N-ethyl adjacent to an activating group) is 1. The fourth-order valence-corrected chi connectivity index (χ4v) is 3.04. The molecule has 2 rings (SSSR count). The van der Waals surface area contributed by atoms with Gasteiger partial charge in [-0.3, -0.25) is 24.3 Å². The number of rotatable bonds is 7. The summed E-state index contributed by atoms with van der Waals surface area (Å²) < 4.78 is 5.15. The Morgan fingerprint density at radius 1 is 1.33 bits per heavy atom. The largest absolute Gasteiger partial charge is 0.347 e. The van der Waals surface area contributed by atoms with Gasteiger partial charge in [0, 0.05) is 31.8 Å². The van der Waals surface area contributed by atoms with Gasteiger partial charge in [-0.2, -0.15) is 5.01 Å². The lowest BCUT2D eigenvalue weighted by molar-refractivity contribution is -0.759. The van der Waals surface area contributed by atoms with Crippen LogP contribution in [0.15, 0.2) is 10.7 Å². The third kappa shape index (κ3) is 5.68. The van der Waals surface area contributed by atoms with E-state index in [1.165, 1.54) is 0 Å². The number of hydrogen-bond acceptors (Lipinski definition) is 7. The third-order valence-electron chi connectivity index (χ3n) is 3.69. The molecule has 0 bridgehead atoms. The molecule has 0 unspecified atom stereocenters. The van der Waals surface area contributed by atoms with Crippen LogP contribution in [0.3, 0.4) is 0 Å². The average Bonchev–Trinajstić information content (AvgIpc) is 3.03. The summed E-state index contributed by atoms with van der Waals surface area (Å²) in [6.45, 7) is 9.33. The Hall–Kier alpha value is -1.81. The summed E-state index contributed by atoms with van der Waals surface area (Å²) in [4.78, 5) is 27.1. The molecule has 0 radical (unpaired) electrons. The van der Waals surface area contributed by atoms with E-state index in [1.807, 2.05) is 6.92 Å². The first-order valence-corrected chi connectivity index (χ1v) is 9.17. The SMILES string of the molecule is CCNC(=O)SCCC(=O)Nc1c[n+](N2CCN(CC)CC2)no1. The van der Waals surface area contributed by atoms with Gasteiger partial charge in [0.05, 0.1) is 17.9 Å². The highest BCUT2D eigenvalue weighted by molar-refractivity contribution is 8.13. The van der Waals surface area contributed by atoms with Gasteiger partial charge in [0.15, 0.2) is 0 Å². The van der Waals surface area contributed by atoms with Crippen LogP contribution in [0.2, 0.25) is 0 Å². The molecule has 24 heavy (non-hydrogen) atoms. The molecule has 0 saturated carbocycles. The molecular weight excluding hydrogens is 332 g/mol. The summed E-state index contributed by atoms with van der Waals surface area (Å²) in [5, 5.41) is 11.2. The van der Waals surface area contributed by atoms with Crippen LogP contribution in [0.25, 0.3) is 0 Å². The molecule has 0 atom stereocenters. The predicted molar refractivity (Wildman–Crippen MR) is 91.5 cm³/mol. The van der Waals surface area contributed by atoms with Crippen molar-refractivity contribution in [2.24, 2.45) is 0 Å². The minimum Gasteiger partial charge on any atom is -0.347 e. The second-order valence-electron chi connectivity index (χ2n) is 5.34. The Labute approximate surface area is 145 Å². The van der Waals surface area contributed by atoms with Crippen LogP contribution in [0.5, 0.6) is 0 Å². The summed E-state index contributed by atoms with van der Waals surface area (Å²) >= 11 is 1.09. The number of anilines is 1. The maximum absolute atomic E-state index is 11.8. The molecule has 2 amide bonds. The highest BCUT2D eigenvalue weighted by Gasteiger charge is 2.25. The molecule has 0 aliphatic carbocycles. The van der Waals surface area contributed by atoms with Crippen molar-refractivity contribution in [3.8, 4) is 0 Å². The number of nitrogens with one attached hydrogen (secondary N) is 2. The third-order valence-corrected chi connectivity index (χ3v) is 4.50. The molecule has 1 aromatic rings. The molecule has 1 fully saturated rings. The van der Waals surface area contributed by atoms with E-state index < -0.39 is 0 Å². The summed E-state index contributed by atoms with van der Waals surface area (Å²) in [6, 6.07) is 0.